The molecule has 0 aliphatic heterocycles. The fourth-order valence-electron chi connectivity index (χ4n) is 3.29. The van der Waals surface area contributed by atoms with E-state index in [0.717, 1.165) is 21.1 Å². The molecule has 0 saturated carbocycles. The van der Waals surface area contributed by atoms with Crippen LogP contribution in [0.5, 0.6) is 0 Å². The molecule has 0 saturated heterocycles. The molecule has 0 atom stereocenters. The van der Waals surface area contributed by atoms with Crippen molar-refractivity contribution in [3.63, 3.8) is 0 Å². The van der Waals surface area contributed by atoms with Crippen LogP contribution in [0.4, 0.5) is 0 Å². The summed E-state index contributed by atoms with van der Waals surface area (Å²) < 4.78 is 0.515. The lowest BCUT2D eigenvalue weighted by Gasteiger charge is -2.24. The zero-order valence-electron chi connectivity index (χ0n) is 18.4. The molecular formula is C28H22Cl2NOPS. The Balaban J connectivity index is 1.81. The highest BCUT2D eigenvalue weighted by atomic mass is 35.5. The molecule has 1 amide bonds. The number of nitrogens with one attached hydrogen (secondary N) is 1. The van der Waals surface area contributed by atoms with Gasteiger partial charge in [-0.2, -0.15) is 0 Å². The van der Waals surface area contributed by atoms with Gasteiger partial charge in [0, 0.05) is 23.4 Å². The van der Waals surface area contributed by atoms with Gasteiger partial charge in [-0.15, -0.1) is 0 Å². The fraction of sp³-hybridized carbons (Fsp3) is 0.0357. The lowest BCUT2D eigenvalue weighted by Crippen LogP contribution is -2.27. The molecule has 4 aromatic carbocycles. The summed E-state index contributed by atoms with van der Waals surface area (Å²) in [7, 11) is -1.12. The molecule has 0 fully saturated rings. The molecule has 0 heterocycles. The van der Waals surface area contributed by atoms with Gasteiger partial charge in [-0.3, -0.25) is 4.79 Å². The van der Waals surface area contributed by atoms with Crippen molar-refractivity contribution >= 4 is 59.4 Å². The molecule has 0 radical (unpaired) electrons. The zero-order chi connectivity index (χ0) is 23.9. The number of amides is 1. The van der Waals surface area contributed by atoms with Crippen LogP contribution in [0.3, 0.4) is 0 Å². The van der Waals surface area contributed by atoms with Gasteiger partial charge >= 0.3 is 0 Å². The van der Waals surface area contributed by atoms with Gasteiger partial charge in [0.25, 0.3) is 5.91 Å². The molecule has 4 aromatic rings. The Bertz CT molecular complexity index is 1240. The molecule has 4 rings (SSSR count). The van der Waals surface area contributed by atoms with E-state index in [1.807, 2.05) is 91.9 Å². The summed E-state index contributed by atoms with van der Waals surface area (Å²) in [6.45, 7) is 2.00. The van der Waals surface area contributed by atoms with Gasteiger partial charge in [0.05, 0.1) is 5.44 Å². The summed E-state index contributed by atoms with van der Waals surface area (Å²) in [6, 6.07) is 35.3. The van der Waals surface area contributed by atoms with Gasteiger partial charge in [0.1, 0.15) is 4.36 Å². The molecule has 0 bridgehead atoms. The normalized spacial score (nSPS) is 11.8. The number of carbonyl (C=O) groups is 1. The highest BCUT2D eigenvalue weighted by molar-refractivity contribution is 8.05. The highest BCUT2D eigenvalue weighted by Crippen LogP contribution is 2.47. The Morgan fingerprint density at radius 3 is 1.82 bits per heavy atom. The second-order valence-electron chi connectivity index (χ2n) is 7.50. The van der Waals surface area contributed by atoms with Crippen LogP contribution in [0.1, 0.15) is 15.9 Å². The molecule has 0 spiro atoms. The first-order valence-electron chi connectivity index (χ1n) is 10.6. The van der Waals surface area contributed by atoms with E-state index in [2.05, 4.69) is 29.6 Å². The van der Waals surface area contributed by atoms with Gasteiger partial charge in [0.2, 0.25) is 0 Å². The first-order valence-corrected chi connectivity index (χ1v) is 13.5. The Morgan fingerprint density at radius 1 is 0.765 bits per heavy atom. The SMILES string of the molecule is Cc1ccc(C(=O)N/C(=C(/Cl)Sc2ccc(Cl)cc2)P(c2ccccc2)c2ccccc2)cc1. The Hall–Kier alpha value is -2.55. The summed E-state index contributed by atoms with van der Waals surface area (Å²) in [5, 5.41) is 6.02. The second-order valence-corrected chi connectivity index (χ2v) is 11.8. The van der Waals surface area contributed by atoms with Crippen molar-refractivity contribution < 1.29 is 4.79 Å². The quantitative estimate of drug-likeness (QED) is 0.199. The first kappa shape index (κ1) is 24.6. The van der Waals surface area contributed by atoms with Crippen LogP contribution in [0, 0.1) is 6.92 Å². The van der Waals surface area contributed by atoms with E-state index in [1.54, 1.807) is 0 Å². The van der Waals surface area contributed by atoms with Crippen molar-refractivity contribution in [3.05, 3.63) is 135 Å². The van der Waals surface area contributed by atoms with Crippen molar-refractivity contribution in [2.24, 2.45) is 0 Å². The van der Waals surface area contributed by atoms with Gasteiger partial charge in [-0.25, -0.2) is 0 Å². The van der Waals surface area contributed by atoms with E-state index in [0.29, 0.717) is 20.4 Å². The van der Waals surface area contributed by atoms with Crippen LogP contribution >= 0.6 is 42.9 Å². The molecule has 0 aromatic heterocycles. The average molecular weight is 522 g/mol. The van der Waals surface area contributed by atoms with E-state index in [-0.39, 0.29) is 5.91 Å². The highest BCUT2D eigenvalue weighted by Gasteiger charge is 2.25. The molecule has 170 valence electrons. The number of hydrogen-bond donors (Lipinski definition) is 1. The van der Waals surface area contributed by atoms with E-state index in [9.17, 15) is 4.79 Å². The van der Waals surface area contributed by atoms with Crippen LogP contribution in [-0.2, 0) is 0 Å². The van der Waals surface area contributed by atoms with E-state index < -0.39 is 7.92 Å². The van der Waals surface area contributed by atoms with Crippen molar-refractivity contribution in [2.45, 2.75) is 11.8 Å². The summed E-state index contributed by atoms with van der Waals surface area (Å²) in [6.07, 6.45) is 0. The van der Waals surface area contributed by atoms with Crippen LogP contribution in [0.15, 0.2) is 124 Å². The van der Waals surface area contributed by atoms with Gasteiger partial charge in [-0.1, -0.05) is 113 Å². The van der Waals surface area contributed by atoms with E-state index in [1.165, 1.54) is 11.8 Å². The molecule has 0 unspecified atom stereocenters. The molecule has 6 heteroatoms. The standard InChI is InChI=1S/C28H22Cl2NOPS/c1-20-12-14-21(15-13-20)27(32)31-28(26(30)34-25-18-16-22(29)17-19-25)33(23-8-4-2-5-9-23)24-10-6-3-7-11-24/h2-19H,1H3,(H,31,32)/b28-26+. The lowest BCUT2D eigenvalue weighted by atomic mass is 10.1. The van der Waals surface area contributed by atoms with Crippen LogP contribution in [-0.4, -0.2) is 5.91 Å². The maximum absolute atomic E-state index is 13.3. The van der Waals surface area contributed by atoms with Gasteiger partial charge < -0.3 is 5.32 Å². The molecule has 1 N–H and O–H groups in total. The number of carbonyl (C=O) groups excluding carboxylic acids is 1. The smallest absolute Gasteiger partial charge is 0.255 e. The van der Waals surface area contributed by atoms with Crippen molar-refractivity contribution in [1.82, 2.24) is 5.32 Å². The van der Waals surface area contributed by atoms with E-state index >= 15 is 0 Å². The van der Waals surface area contributed by atoms with Gasteiger partial charge in [0.15, 0.2) is 0 Å². The van der Waals surface area contributed by atoms with Gasteiger partial charge in [-0.05, 0) is 53.9 Å². The minimum absolute atomic E-state index is 0.191. The first-order chi connectivity index (χ1) is 16.5. The molecule has 34 heavy (non-hydrogen) atoms. The third kappa shape index (κ3) is 6.31. The molecule has 2 nitrogen and oxygen atoms in total. The fourth-order valence-corrected chi connectivity index (χ4v) is 7.17. The molecule has 0 aliphatic carbocycles. The second kappa shape index (κ2) is 11.7. The molecular weight excluding hydrogens is 500 g/mol. The Morgan fingerprint density at radius 2 is 1.29 bits per heavy atom. The van der Waals surface area contributed by atoms with Crippen LogP contribution in [0.25, 0.3) is 0 Å². The van der Waals surface area contributed by atoms with Crippen molar-refractivity contribution in [1.29, 1.82) is 0 Å². The molecule has 0 aliphatic rings. The number of hydrogen-bond acceptors (Lipinski definition) is 2. The minimum Gasteiger partial charge on any atom is -0.319 e. The van der Waals surface area contributed by atoms with Crippen molar-refractivity contribution in [3.8, 4) is 0 Å². The predicted octanol–water partition coefficient (Wildman–Crippen LogP) is 7.67. The summed E-state index contributed by atoms with van der Waals surface area (Å²) in [5.74, 6) is -0.191. The number of halogens is 2. The average Bonchev–Trinajstić information content (AvgIpc) is 2.86. The minimum atomic E-state index is -1.12. The number of thioether (sulfide) groups is 1. The van der Waals surface area contributed by atoms with Crippen LogP contribution in [0.2, 0.25) is 5.02 Å². The summed E-state index contributed by atoms with van der Waals surface area (Å²) >= 11 is 14.5. The Labute approximate surface area is 215 Å². The predicted molar refractivity (Wildman–Crippen MR) is 148 cm³/mol. The van der Waals surface area contributed by atoms with Crippen molar-refractivity contribution in [2.75, 3.05) is 0 Å². The topological polar surface area (TPSA) is 29.1 Å². The van der Waals surface area contributed by atoms with Crippen LogP contribution < -0.4 is 15.9 Å². The number of aryl methyl sites for hydroxylation is 1. The van der Waals surface area contributed by atoms with E-state index in [4.69, 9.17) is 23.2 Å². The zero-order valence-corrected chi connectivity index (χ0v) is 21.6. The number of rotatable bonds is 7. The lowest BCUT2D eigenvalue weighted by molar-refractivity contribution is 0.0968. The largest absolute Gasteiger partial charge is 0.319 e. The maximum atomic E-state index is 13.3. The maximum Gasteiger partial charge on any atom is 0.255 e. The summed E-state index contributed by atoms with van der Waals surface area (Å²) in [5.41, 5.74) is 2.37. The summed E-state index contributed by atoms with van der Waals surface area (Å²) in [4.78, 5) is 14.3. The third-order valence-corrected chi connectivity index (χ3v) is 9.26. The monoisotopic (exact) mass is 521 g/mol. The third-order valence-electron chi connectivity index (χ3n) is 5.01. The Kier molecular flexibility index (Phi) is 8.48. The number of benzene rings is 4.